The summed E-state index contributed by atoms with van der Waals surface area (Å²) in [6.07, 6.45) is 5.05. The van der Waals surface area contributed by atoms with Crippen molar-refractivity contribution in [2.45, 2.75) is 90.4 Å². The summed E-state index contributed by atoms with van der Waals surface area (Å²) in [6, 6.07) is 10.6. The van der Waals surface area contributed by atoms with Crippen molar-refractivity contribution < 1.29 is 9.22 Å². The highest BCUT2D eigenvalue weighted by Gasteiger charge is 2.58. The molecule has 1 N–H and O–H groups in total. The van der Waals surface area contributed by atoms with Crippen molar-refractivity contribution in [3.8, 4) is 0 Å². The van der Waals surface area contributed by atoms with Crippen molar-refractivity contribution in [3.05, 3.63) is 47.7 Å². The highest BCUT2D eigenvalue weighted by molar-refractivity contribution is 6.77. The van der Waals surface area contributed by atoms with Crippen molar-refractivity contribution in [1.82, 2.24) is 5.32 Å². The van der Waals surface area contributed by atoms with Crippen LogP contribution in [0.5, 0.6) is 0 Å². The fourth-order valence-electron chi connectivity index (χ4n) is 6.10. The first kappa shape index (κ1) is 22.1. The molecular formula is C25H39NO2Si. The van der Waals surface area contributed by atoms with Crippen molar-refractivity contribution in [2.24, 2.45) is 11.3 Å². The zero-order chi connectivity index (χ0) is 21.4. The van der Waals surface area contributed by atoms with Crippen LogP contribution in [0.1, 0.15) is 66.9 Å². The highest BCUT2D eigenvalue weighted by atomic mass is 28.4. The van der Waals surface area contributed by atoms with Crippen LogP contribution in [-0.4, -0.2) is 20.3 Å². The van der Waals surface area contributed by atoms with Gasteiger partial charge in [-0.15, -0.1) is 0 Å². The number of nitrogens with one attached hydrogen (secondary N) is 1. The Morgan fingerprint density at radius 3 is 2.21 bits per heavy atom. The van der Waals surface area contributed by atoms with Crippen LogP contribution < -0.4 is 5.32 Å². The van der Waals surface area contributed by atoms with Crippen LogP contribution in [0.4, 0.5) is 0 Å². The van der Waals surface area contributed by atoms with Gasteiger partial charge in [0.1, 0.15) is 0 Å². The molecule has 29 heavy (non-hydrogen) atoms. The number of amides is 1. The molecule has 1 saturated heterocycles. The summed E-state index contributed by atoms with van der Waals surface area (Å²) in [5.74, 6) is 1.19. The number of hydrogen-bond donors (Lipinski definition) is 1. The van der Waals surface area contributed by atoms with E-state index in [1.54, 1.807) is 0 Å². The zero-order valence-electron chi connectivity index (χ0n) is 19.3. The van der Waals surface area contributed by atoms with Crippen LogP contribution in [0.3, 0.4) is 0 Å². The monoisotopic (exact) mass is 413 g/mol. The fraction of sp³-hybridized carbons (Fsp3) is 0.640. The summed E-state index contributed by atoms with van der Waals surface area (Å²) in [7, 11) is -2.07. The van der Waals surface area contributed by atoms with Crippen LogP contribution in [0.25, 0.3) is 0 Å². The summed E-state index contributed by atoms with van der Waals surface area (Å²) in [5, 5.41) is 3.33. The maximum atomic E-state index is 13.1. The standard InChI is InChI=1S/C25H39NO2Si/c1-17(2)29(18(3)4,19(5)6)28-23-15-11-14-22-25(23,7)21(24(27)26-22)16-20-12-9-8-10-13-20/h8-10,12-13,15,17-19,21-22H,11,14,16H2,1-7H3,(H,26,27)/t21-,22-,25+/m0/s1. The Morgan fingerprint density at radius 1 is 1.07 bits per heavy atom. The minimum atomic E-state index is -2.07. The second-order valence-electron chi connectivity index (χ2n) is 10.2. The number of hydrogen-bond acceptors (Lipinski definition) is 2. The number of fused-ring (bicyclic) bond motifs is 1. The topological polar surface area (TPSA) is 38.3 Å². The number of rotatable bonds is 7. The molecule has 0 spiro atoms. The van der Waals surface area contributed by atoms with Gasteiger partial charge in [0, 0.05) is 6.04 Å². The molecule has 3 rings (SSSR count). The van der Waals surface area contributed by atoms with E-state index in [1.165, 1.54) is 5.56 Å². The van der Waals surface area contributed by atoms with E-state index in [2.05, 4.69) is 84.1 Å². The molecule has 160 valence electrons. The molecule has 0 saturated carbocycles. The summed E-state index contributed by atoms with van der Waals surface area (Å²) < 4.78 is 7.20. The lowest BCUT2D eigenvalue weighted by atomic mass is 9.67. The van der Waals surface area contributed by atoms with E-state index >= 15 is 0 Å². The average molecular weight is 414 g/mol. The van der Waals surface area contributed by atoms with Gasteiger partial charge in [0.25, 0.3) is 8.32 Å². The normalized spacial score (nSPS) is 27.2. The van der Waals surface area contributed by atoms with E-state index in [9.17, 15) is 4.79 Å². The molecule has 1 aliphatic heterocycles. The van der Waals surface area contributed by atoms with Gasteiger partial charge in [-0.25, -0.2) is 0 Å². The van der Waals surface area contributed by atoms with Gasteiger partial charge < -0.3 is 9.74 Å². The van der Waals surface area contributed by atoms with Gasteiger partial charge in [0.2, 0.25) is 5.91 Å². The molecule has 1 aliphatic carbocycles. The Kier molecular flexibility index (Phi) is 6.33. The lowest BCUT2D eigenvalue weighted by molar-refractivity contribution is -0.123. The molecule has 1 amide bonds. The average Bonchev–Trinajstić information content (AvgIpc) is 2.91. The van der Waals surface area contributed by atoms with Gasteiger partial charge in [-0.3, -0.25) is 4.79 Å². The predicted molar refractivity (Wildman–Crippen MR) is 123 cm³/mol. The second-order valence-corrected chi connectivity index (χ2v) is 15.5. The van der Waals surface area contributed by atoms with Crippen molar-refractivity contribution in [1.29, 1.82) is 0 Å². The number of benzene rings is 1. The quantitative estimate of drug-likeness (QED) is 0.539. The third kappa shape index (κ3) is 3.69. The first-order valence-electron chi connectivity index (χ1n) is 11.4. The first-order valence-corrected chi connectivity index (χ1v) is 13.5. The molecule has 0 unspecified atom stereocenters. The van der Waals surface area contributed by atoms with E-state index in [0.29, 0.717) is 16.6 Å². The van der Waals surface area contributed by atoms with Gasteiger partial charge in [0.15, 0.2) is 0 Å². The predicted octanol–water partition coefficient (Wildman–Crippen LogP) is 6.22. The number of carbonyl (C=O) groups excluding carboxylic acids is 1. The largest absolute Gasteiger partial charge is 0.545 e. The van der Waals surface area contributed by atoms with Gasteiger partial charge in [-0.1, -0.05) is 71.9 Å². The molecule has 3 nitrogen and oxygen atoms in total. The molecule has 1 heterocycles. The lowest BCUT2D eigenvalue weighted by Gasteiger charge is -2.48. The Hall–Kier alpha value is -1.55. The molecule has 1 aromatic carbocycles. The maximum Gasteiger partial charge on any atom is 0.258 e. The minimum Gasteiger partial charge on any atom is -0.545 e. The fourth-order valence-corrected chi connectivity index (χ4v) is 11.5. The molecule has 3 atom stereocenters. The minimum absolute atomic E-state index is 0.0837. The summed E-state index contributed by atoms with van der Waals surface area (Å²) in [5.41, 5.74) is 2.50. The van der Waals surface area contributed by atoms with E-state index in [4.69, 9.17) is 4.43 Å². The molecule has 0 radical (unpaired) electrons. The van der Waals surface area contributed by atoms with E-state index in [-0.39, 0.29) is 23.3 Å². The van der Waals surface area contributed by atoms with Crippen molar-refractivity contribution in [2.75, 3.05) is 0 Å². The molecule has 4 heteroatoms. The molecule has 1 fully saturated rings. The second kappa shape index (κ2) is 8.29. The molecular weight excluding hydrogens is 374 g/mol. The van der Waals surface area contributed by atoms with Gasteiger partial charge in [-0.05, 0) is 54.4 Å². The Morgan fingerprint density at radius 2 is 1.66 bits per heavy atom. The maximum absolute atomic E-state index is 13.1. The third-order valence-corrected chi connectivity index (χ3v) is 13.7. The van der Waals surface area contributed by atoms with Gasteiger partial charge in [0.05, 0.1) is 17.1 Å². The Labute approximate surface area is 178 Å². The Bertz CT molecular complexity index is 734. The number of carbonyl (C=O) groups is 1. The van der Waals surface area contributed by atoms with E-state index < -0.39 is 8.32 Å². The van der Waals surface area contributed by atoms with E-state index in [1.807, 2.05) is 6.07 Å². The van der Waals surface area contributed by atoms with Crippen LogP contribution >= 0.6 is 0 Å². The molecule has 1 aromatic rings. The van der Waals surface area contributed by atoms with E-state index in [0.717, 1.165) is 25.0 Å². The summed E-state index contributed by atoms with van der Waals surface area (Å²) >= 11 is 0. The smallest absolute Gasteiger partial charge is 0.258 e. The number of allylic oxidation sites excluding steroid dienone is 1. The third-order valence-electron chi connectivity index (χ3n) is 7.67. The van der Waals surface area contributed by atoms with Gasteiger partial charge >= 0.3 is 0 Å². The Balaban J connectivity index is 2.00. The van der Waals surface area contributed by atoms with Crippen LogP contribution in [0, 0.1) is 11.3 Å². The highest BCUT2D eigenvalue weighted by Crippen LogP contribution is 2.53. The summed E-state index contributed by atoms with van der Waals surface area (Å²) in [6.45, 7) is 16.2. The van der Waals surface area contributed by atoms with Crippen LogP contribution in [-0.2, 0) is 15.6 Å². The molecule has 0 bridgehead atoms. The van der Waals surface area contributed by atoms with Crippen molar-refractivity contribution >= 4 is 14.2 Å². The molecule has 2 aliphatic rings. The van der Waals surface area contributed by atoms with Crippen LogP contribution in [0.2, 0.25) is 16.6 Å². The lowest BCUT2D eigenvalue weighted by Crippen LogP contribution is -2.51. The van der Waals surface area contributed by atoms with Crippen LogP contribution in [0.15, 0.2) is 42.2 Å². The zero-order valence-corrected chi connectivity index (χ0v) is 20.3. The van der Waals surface area contributed by atoms with Gasteiger partial charge in [-0.2, -0.15) is 0 Å². The van der Waals surface area contributed by atoms with Crippen molar-refractivity contribution in [3.63, 3.8) is 0 Å². The summed E-state index contributed by atoms with van der Waals surface area (Å²) in [4.78, 5) is 13.1. The first-order chi connectivity index (χ1) is 13.6. The SMILES string of the molecule is CC(C)[Si](OC1=CCC[C@@H]2NC(=O)[C@H](Cc3ccccc3)[C@@]12C)(C(C)C)C(C)C. The molecule has 0 aromatic heterocycles.